The van der Waals surface area contributed by atoms with E-state index in [1.807, 2.05) is 18.2 Å². The van der Waals surface area contributed by atoms with Crippen molar-refractivity contribution in [2.75, 3.05) is 23.4 Å². The van der Waals surface area contributed by atoms with Crippen LogP contribution in [0.15, 0.2) is 48.5 Å². The van der Waals surface area contributed by atoms with Gasteiger partial charge in [-0.05, 0) is 55.7 Å². The van der Waals surface area contributed by atoms with E-state index in [9.17, 15) is 9.59 Å². The van der Waals surface area contributed by atoms with Crippen molar-refractivity contribution in [2.45, 2.75) is 19.8 Å². The number of para-hydroxylation sites is 1. The summed E-state index contributed by atoms with van der Waals surface area (Å²) < 4.78 is 9.71. The first kappa shape index (κ1) is 16.8. The Morgan fingerprint density at radius 1 is 1.12 bits per heavy atom. The van der Waals surface area contributed by atoms with Gasteiger partial charge in [-0.2, -0.15) is 0 Å². The normalized spacial score (nSPS) is 12.9. The van der Waals surface area contributed by atoms with Crippen molar-refractivity contribution < 1.29 is 19.1 Å². The molecule has 0 aromatic heterocycles. The minimum absolute atomic E-state index is 0.175. The van der Waals surface area contributed by atoms with Gasteiger partial charge in [0.15, 0.2) is 0 Å². The second-order valence-corrected chi connectivity index (χ2v) is 5.62. The van der Waals surface area contributed by atoms with Crippen molar-refractivity contribution in [2.24, 2.45) is 0 Å². The molecule has 0 saturated heterocycles. The van der Waals surface area contributed by atoms with Crippen molar-refractivity contribution >= 4 is 23.6 Å². The van der Waals surface area contributed by atoms with Crippen LogP contribution in [-0.2, 0) is 11.2 Å². The molecule has 0 spiro atoms. The number of urea groups is 1. The lowest BCUT2D eigenvalue weighted by Gasteiger charge is -2.29. The molecule has 1 N–H and O–H groups in total. The Morgan fingerprint density at radius 2 is 1.88 bits per heavy atom. The Balaban J connectivity index is 1.65. The molecule has 3 rings (SSSR count). The summed E-state index contributed by atoms with van der Waals surface area (Å²) in [6, 6.07) is 14.3. The summed E-state index contributed by atoms with van der Waals surface area (Å²) in [7, 11) is 0. The second-order valence-electron chi connectivity index (χ2n) is 5.62. The van der Waals surface area contributed by atoms with Crippen LogP contribution in [-0.4, -0.2) is 25.3 Å². The van der Waals surface area contributed by atoms with Crippen LogP contribution >= 0.6 is 0 Å². The van der Waals surface area contributed by atoms with Crippen LogP contribution in [0.25, 0.3) is 0 Å². The van der Waals surface area contributed by atoms with E-state index in [2.05, 4.69) is 11.4 Å². The number of rotatable bonds is 3. The highest BCUT2D eigenvalue weighted by molar-refractivity contribution is 6.02. The van der Waals surface area contributed by atoms with Crippen LogP contribution in [0.5, 0.6) is 5.75 Å². The predicted molar refractivity (Wildman–Crippen MR) is 95.2 cm³/mol. The molecular weight excluding hydrogens is 320 g/mol. The third-order valence-electron chi connectivity index (χ3n) is 3.92. The molecule has 130 valence electrons. The zero-order valence-corrected chi connectivity index (χ0v) is 14.0. The molecule has 2 amide bonds. The highest BCUT2D eigenvalue weighted by atomic mass is 16.7. The van der Waals surface area contributed by atoms with E-state index in [4.69, 9.17) is 9.47 Å². The number of ether oxygens (including phenoxy) is 2. The number of carbonyl (C=O) groups excluding carboxylic acids is 2. The van der Waals surface area contributed by atoms with E-state index in [-0.39, 0.29) is 12.6 Å². The zero-order valence-electron chi connectivity index (χ0n) is 14.0. The first-order valence-electron chi connectivity index (χ1n) is 8.28. The van der Waals surface area contributed by atoms with Crippen LogP contribution in [0.1, 0.15) is 18.9 Å². The molecule has 2 aromatic rings. The van der Waals surface area contributed by atoms with Gasteiger partial charge in [0.25, 0.3) is 0 Å². The molecular formula is C19H20N2O4. The maximum atomic E-state index is 12.6. The van der Waals surface area contributed by atoms with E-state index in [1.54, 1.807) is 36.1 Å². The minimum atomic E-state index is -0.746. The number of carbonyl (C=O) groups is 2. The molecule has 1 heterocycles. The van der Waals surface area contributed by atoms with E-state index < -0.39 is 6.16 Å². The summed E-state index contributed by atoms with van der Waals surface area (Å²) in [6.07, 6.45) is 1.18. The third kappa shape index (κ3) is 4.09. The summed E-state index contributed by atoms with van der Waals surface area (Å²) in [4.78, 5) is 25.6. The van der Waals surface area contributed by atoms with Crippen LogP contribution in [0.2, 0.25) is 0 Å². The molecule has 6 heteroatoms. The summed E-state index contributed by atoms with van der Waals surface area (Å²) in [5.41, 5.74) is 2.76. The quantitative estimate of drug-likeness (QED) is 0.671. The summed E-state index contributed by atoms with van der Waals surface area (Å²) in [5, 5.41) is 2.87. The lowest BCUT2D eigenvalue weighted by atomic mass is 10.0. The predicted octanol–water partition coefficient (Wildman–Crippen LogP) is 4.21. The Morgan fingerprint density at radius 3 is 2.64 bits per heavy atom. The fraction of sp³-hybridized carbons (Fsp3) is 0.263. The molecule has 25 heavy (non-hydrogen) atoms. The lowest BCUT2D eigenvalue weighted by Crippen LogP contribution is -2.38. The number of amides is 2. The van der Waals surface area contributed by atoms with Gasteiger partial charge in [0.05, 0.1) is 6.61 Å². The standard InChI is InChI=1S/C19H20N2O4/c1-2-24-19(23)25-16-11-9-15(10-12-16)20-18(22)21-13-5-7-14-6-3-4-8-17(14)21/h3-4,6,8-12H,2,5,7,13H2,1H3,(H,20,22). The van der Waals surface area contributed by atoms with Crippen molar-refractivity contribution in [3.05, 3.63) is 54.1 Å². The Hall–Kier alpha value is -3.02. The molecule has 0 unspecified atom stereocenters. The third-order valence-corrected chi connectivity index (χ3v) is 3.92. The molecule has 0 atom stereocenters. The lowest BCUT2D eigenvalue weighted by molar-refractivity contribution is 0.104. The first-order valence-corrected chi connectivity index (χ1v) is 8.28. The molecule has 0 aliphatic carbocycles. The number of aryl methyl sites for hydroxylation is 1. The summed E-state index contributed by atoms with van der Waals surface area (Å²) >= 11 is 0. The topological polar surface area (TPSA) is 67.9 Å². The molecule has 0 bridgehead atoms. The van der Waals surface area contributed by atoms with Gasteiger partial charge in [0.1, 0.15) is 5.75 Å². The Bertz CT molecular complexity index is 758. The molecule has 0 radical (unpaired) electrons. The number of nitrogens with zero attached hydrogens (tertiary/aromatic N) is 1. The monoisotopic (exact) mass is 340 g/mol. The first-order chi connectivity index (χ1) is 12.2. The van der Waals surface area contributed by atoms with Gasteiger partial charge in [-0.3, -0.25) is 4.90 Å². The number of fused-ring (bicyclic) bond motifs is 1. The van der Waals surface area contributed by atoms with Gasteiger partial charge in [-0.25, -0.2) is 9.59 Å². The molecule has 1 aliphatic heterocycles. The molecule has 2 aromatic carbocycles. The summed E-state index contributed by atoms with van der Waals surface area (Å²) in [5.74, 6) is 0.361. The highest BCUT2D eigenvalue weighted by Crippen LogP contribution is 2.27. The SMILES string of the molecule is CCOC(=O)Oc1ccc(NC(=O)N2CCCc3ccccc32)cc1. The molecule has 0 fully saturated rings. The molecule has 6 nitrogen and oxygen atoms in total. The number of benzene rings is 2. The van der Waals surface area contributed by atoms with Crippen LogP contribution < -0.4 is 15.0 Å². The van der Waals surface area contributed by atoms with Gasteiger partial charge in [0, 0.05) is 17.9 Å². The number of hydrogen-bond acceptors (Lipinski definition) is 4. The Kier molecular flexibility index (Phi) is 5.18. The molecule has 0 saturated carbocycles. The maximum absolute atomic E-state index is 12.6. The number of hydrogen-bond donors (Lipinski definition) is 1. The van der Waals surface area contributed by atoms with Gasteiger partial charge in [-0.1, -0.05) is 18.2 Å². The average molecular weight is 340 g/mol. The number of anilines is 2. The molecule has 1 aliphatic rings. The largest absolute Gasteiger partial charge is 0.513 e. The average Bonchev–Trinajstić information content (AvgIpc) is 2.63. The van der Waals surface area contributed by atoms with Crippen molar-refractivity contribution in [1.29, 1.82) is 0 Å². The van der Waals surface area contributed by atoms with Crippen LogP contribution in [0, 0.1) is 0 Å². The van der Waals surface area contributed by atoms with Crippen LogP contribution in [0.3, 0.4) is 0 Å². The van der Waals surface area contributed by atoms with E-state index in [0.717, 1.165) is 18.5 Å². The second kappa shape index (κ2) is 7.70. The van der Waals surface area contributed by atoms with Crippen molar-refractivity contribution in [1.82, 2.24) is 0 Å². The van der Waals surface area contributed by atoms with Crippen molar-refractivity contribution in [3.63, 3.8) is 0 Å². The fourth-order valence-corrected chi connectivity index (χ4v) is 2.79. The zero-order chi connectivity index (χ0) is 17.6. The summed E-state index contributed by atoms with van der Waals surface area (Å²) in [6.45, 7) is 2.65. The van der Waals surface area contributed by atoms with Gasteiger partial charge in [0.2, 0.25) is 0 Å². The van der Waals surface area contributed by atoms with E-state index in [0.29, 0.717) is 18.0 Å². The van der Waals surface area contributed by atoms with Gasteiger partial charge < -0.3 is 14.8 Å². The highest BCUT2D eigenvalue weighted by Gasteiger charge is 2.22. The maximum Gasteiger partial charge on any atom is 0.513 e. The minimum Gasteiger partial charge on any atom is -0.434 e. The van der Waals surface area contributed by atoms with Crippen LogP contribution in [0.4, 0.5) is 21.0 Å². The number of nitrogens with one attached hydrogen (secondary N) is 1. The van der Waals surface area contributed by atoms with Gasteiger partial charge >= 0.3 is 12.2 Å². The van der Waals surface area contributed by atoms with E-state index in [1.165, 1.54) is 5.56 Å². The fourth-order valence-electron chi connectivity index (χ4n) is 2.79. The van der Waals surface area contributed by atoms with E-state index >= 15 is 0 Å². The Labute approximate surface area is 146 Å². The van der Waals surface area contributed by atoms with Crippen molar-refractivity contribution in [3.8, 4) is 5.75 Å². The smallest absolute Gasteiger partial charge is 0.434 e. The van der Waals surface area contributed by atoms with Gasteiger partial charge in [-0.15, -0.1) is 0 Å².